The van der Waals surface area contributed by atoms with Gasteiger partial charge >= 0.3 is 0 Å². The van der Waals surface area contributed by atoms with E-state index in [0.29, 0.717) is 17.4 Å². The van der Waals surface area contributed by atoms with Crippen molar-refractivity contribution in [3.8, 4) is 11.5 Å². The largest absolute Gasteiger partial charge is 0.493 e. The van der Waals surface area contributed by atoms with Crippen LogP contribution in [0.3, 0.4) is 0 Å². The Morgan fingerprint density at radius 3 is 2.08 bits per heavy atom. The quantitative estimate of drug-likeness (QED) is 0.763. The summed E-state index contributed by atoms with van der Waals surface area (Å²) in [5.74, 6) is 1.65. The summed E-state index contributed by atoms with van der Waals surface area (Å²) in [6.45, 7) is 8.07. The van der Waals surface area contributed by atoms with Crippen LogP contribution in [0.1, 0.15) is 37.8 Å². The molecule has 0 aliphatic carbocycles. The molecule has 2 rings (SSSR count). The first-order valence-electron chi connectivity index (χ1n) is 8.75. The third-order valence-electron chi connectivity index (χ3n) is 4.34. The van der Waals surface area contributed by atoms with Crippen LogP contribution in [-0.4, -0.2) is 26.2 Å². The molecule has 0 fully saturated rings. The fourth-order valence-electron chi connectivity index (χ4n) is 2.64. The topological polar surface area (TPSA) is 59.6 Å². The molecule has 0 saturated carbocycles. The second-order valence-electron chi connectivity index (χ2n) is 6.65. The number of anilines is 2. The van der Waals surface area contributed by atoms with Gasteiger partial charge in [-0.25, -0.2) is 0 Å². The molecule has 0 unspecified atom stereocenters. The molecule has 0 aromatic heterocycles. The lowest BCUT2D eigenvalue weighted by atomic mass is 10.0. The molecule has 140 valence electrons. The third-order valence-corrected chi connectivity index (χ3v) is 4.34. The molecule has 1 amide bonds. The van der Waals surface area contributed by atoms with Gasteiger partial charge in [-0.1, -0.05) is 26.0 Å². The minimum Gasteiger partial charge on any atom is -0.493 e. The highest BCUT2D eigenvalue weighted by atomic mass is 16.5. The van der Waals surface area contributed by atoms with Crippen LogP contribution in [0.15, 0.2) is 36.4 Å². The van der Waals surface area contributed by atoms with Gasteiger partial charge in [-0.2, -0.15) is 0 Å². The van der Waals surface area contributed by atoms with Gasteiger partial charge in [0.2, 0.25) is 5.91 Å². The predicted octanol–water partition coefficient (Wildman–Crippen LogP) is 4.57. The minimum atomic E-state index is -0.406. The summed E-state index contributed by atoms with van der Waals surface area (Å²) in [5, 5.41) is 6.18. The number of hydrogen-bond donors (Lipinski definition) is 2. The Bertz CT molecular complexity index is 755. The monoisotopic (exact) mass is 356 g/mol. The fourth-order valence-corrected chi connectivity index (χ4v) is 2.64. The molecular formula is C21H28N2O3. The standard InChI is InChI=1S/C21H28N2O3/c1-13(2)16-7-9-17(10-8-16)23-21(24)15(4)22-18-12-20(26-6)19(25-5)11-14(18)3/h7-13,15,22H,1-6H3,(H,23,24)/t15-/m0/s1. The van der Waals surface area contributed by atoms with E-state index in [4.69, 9.17) is 9.47 Å². The molecule has 0 aliphatic rings. The van der Waals surface area contributed by atoms with E-state index in [1.807, 2.05) is 50.2 Å². The van der Waals surface area contributed by atoms with Crippen molar-refractivity contribution in [3.63, 3.8) is 0 Å². The first-order valence-corrected chi connectivity index (χ1v) is 8.75. The van der Waals surface area contributed by atoms with E-state index in [1.54, 1.807) is 14.2 Å². The Labute approximate surface area is 155 Å². The second-order valence-corrected chi connectivity index (χ2v) is 6.65. The molecule has 2 aromatic rings. The van der Waals surface area contributed by atoms with Crippen molar-refractivity contribution in [2.24, 2.45) is 0 Å². The third kappa shape index (κ3) is 4.69. The van der Waals surface area contributed by atoms with E-state index >= 15 is 0 Å². The summed E-state index contributed by atoms with van der Waals surface area (Å²) in [4.78, 5) is 12.5. The number of nitrogens with one attached hydrogen (secondary N) is 2. The Kier molecular flexibility index (Phi) is 6.50. The second kappa shape index (κ2) is 8.61. The zero-order chi connectivity index (χ0) is 19.3. The number of aryl methyl sites for hydroxylation is 1. The maximum Gasteiger partial charge on any atom is 0.246 e. The van der Waals surface area contributed by atoms with Gasteiger partial charge in [-0.05, 0) is 49.1 Å². The van der Waals surface area contributed by atoms with Crippen molar-refractivity contribution in [1.82, 2.24) is 0 Å². The van der Waals surface area contributed by atoms with Crippen LogP contribution in [-0.2, 0) is 4.79 Å². The number of amides is 1. The molecule has 0 saturated heterocycles. The summed E-state index contributed by atoms with van der Waals surface area (Å²) in [5.41, 5.74) is 3.84. The van der Waals surface area contributed by atoms with Crippen LogP contribution in [0.4, 0.5) is 11.4 Å². The number of benzene rings is 2. The molecule has 26 heavy (non-hydrogen) atoms. The lowest BCUT2D eigenvalue weighted by Gasteiger charge is -2.19. The zero-order valence-corrected chi connectivity index (χ0v) is 16.3. The van der Waals surface area contributed by atoms with Crippen LogP contribution in [0, 0.1) is 6.92 Å². The van der Waals surface area contributed by atoms with Crippen LogP contribution in [0.2, 0.25) is 0 Å². The Morgan fingerprint density at radius 2 is 1.54 bits per heavy atom. The lowest BCUT2D eigenvalue weighted by Crippen LogP contribution is -2.32. The highest BCUT2D eigenvalue weighted by Gasteiger charge is 2.16. The van der Waals surface area contributed by atoms with Gasteiger partial charge in [-0.15, -0.1) is 0 Å². The number of carbonyl (C=O) groups is 1. The summed E-state index contributed by atoms with van der Waals surface area (Å²) < 4.78 is 10.6. The lowest BCUT2D eigenvalue weighted by molar-refractivity contribution is -0.116. The molecule has 1 atom stereocenters. The number of rotatable bonds is 7. The summed E-state index contributed by atoms with van der Waals surface area (Å²) in [6.07, 6.45) is 0. The van der Waals surface area contributed by atoms with Crippen molar-refractivity contribution in [1.29, 1.82) is 0 Å². The Balaban J connectivity index is 2.07. The average molecular weight is 356 g/mol. The average Bonchev–Trinajstić information content (AvgIpc) is 2.63. The van der Waals surface area contributed by atoms with E-state index in [0.717, 1.165) is 16.9 Å². The highest BCUT2D eigenvalue weighted by Crippen LogP contribution is 2.33. The number of ether oxygens (including phenoxy) is 2. The number of carbonyl (C=O) groups excluding carboxylic acids is 1. The molecule has 5 heteroatoms. The summed E-state index contributed by atoms with van der Waals surface area (Å²) in [7, 11) is 3.19. The van der Waals surface area contributed by atoms with Gasteiger partial charge in [0.05, 0.1) is 14.2 Å². The molecule has 0 spiro atoms. The van der Waals surface area contributed by atoms with Crippen LogP contribution >= 0.6 is 0 Å². The molecule has 2 N–H and O–H groups in total. The Hall–Kier alpha value is -2.69. The normalized spacial score (nSPS) is 11.8. The van der Waals surface area contributed by atoms with Gasteiger partial charge < -0.3 is 20.1 Å². The van der Waals surface area contributed by atoms with E-state index in [1.165, 1.54) is 5.56 Å². The predicted molar refractivity (Wildman–Crippen MR) is 107 cm³/mol. The molecule has 5 nitrogen and oxygen atoms in total. The minimum absolute atomic E-state index is 0.100. The maximum absolute atomic E-state index is 12.5. The molecule has 0 bridgehead atoms. The first kappa shape index (κ1) is 19.6. The van der Waals surface area contributed by atoms with Gasteiger partial charge in [0, 0.05) is 17.4 Å². The highest BCUT2D eigenvalue weighted by molar-refractivity contribution is 5.96. The molecule has 2 aromatic carbocycles. The summed E-state index contributed by atoms with van der Waals surface area (Å²) >= 11 is 0. The van der Waals surface area contributed by atoms with E-state index in [-0.39, 0.29) is 5.91 Å². The number of methoxy groups -OCH3 is 2. The van der Waals surface area contributed by atoms with Crippen LogP contribution in [0.5, 0.6) is 11.5 Å². The van der Waals surface area contributed by atoms with Crippen molar-refractivity contribution in [3.05, 3.63) is 47.5 Å². The van der Waals surface area contributed by atoms with E-state index in [9.17, 15) is 4.79 Å². The van der Waals surface area contributed by atoms with Gasteiger partial charge in [0.25, 0.3) is 0 Å². The van der Waals surface area contributed by atoms with Crippen molar-refractivity contribution in [2.45, 2.75) is 39.7 Å². The van der Waals surface area contributed by atoms with Gasteiger partial charge in [-0.3, -0.25) is 4.79 Å². The zero-order valence-electron chi connectivity index (χ0n) is 16.3. The van der Waals surface area contributed by atoms with Crippen molar-refractivity contribution in [2.75, 3.05) is 24.9 Å². The van der Waals surface area contributed by atoms with Gasteiger partial charge in [0.1, 0.15) is 6.04 Å². The van der Waals surface area contributed by atoms with Crippen LogP contribution in [0.25, 0.3) is 0 Å². The SMILES string of the molecule is COc1cc(C)c(N[C@@H](C)C(=O)Nc2ccc(C(C)C)cc2)cc1OC. The molecule has 0 radical (unpaired) electrons. The number of hydrogen-bond acceptors (Lipinski definition) is 4. The van der Waals surface area contributed by atoms with E-state index < -0.39 is 6.04 Å². The van der Waals surface area contributed by atoms with Crippen molar-refractivity contribution < 1.29 is 14.3 Å². The van der Waals surface area contributed by atoms with Gasteiger partial charge in [0.15, 0.2) is 11.5 Å². The molecular weight excluding hydrogens is 328 g/mol. The first-order chi connectivity index (χ1) is 12.3. The summed E-state index contributed by atoms with van der Waals surface area (Å²) in [6, 6.07) is 11.3. The fraction of sp³-hybridized carbons (Fsp3) is 0.381. The van der Waals surface area contributed by atoms with E-state index in [2.05, 4.69) is 24.5 Å². The smallest absolute Gasteiger partial charge is 0.246 e. The van der Waals surface area contributed by atoms with Crippen molar-refractivity contribution >= 4 is 17.3 Å². The Morgan fingerprint density at radius 1 is 0.962 bits per heavy atom. The maximum atomic E-state index is 12.5. The molecule has 0 heterocycles. The molecule has 0 aliphatic heterocycles. The van der Waals surface area contributed by atoms with Crippen LogP contribution < -0.4 is 20.1 Å².